The number of unbranched alkanes of at least 4 members (excludes halogenated alkanes) is 28. The summed E-state index contributed by atoms with van der Waals surface area (Å²) >= 11 is 7.27. The molecule has 0 saturated heterocycles. The van der Waals surface area contributed by atoms with Crippen molar-refractivity contribution in [2.24, 2.45) is 0 Å². The number of carbonyl (C=O) groups is 2. The molecule has 0 spiro atoms. The van der Waals surface area contributed by atoms with Crippen LogP contribution in [0.2, 0.25) is 0 Å². The van der Waals surface area contributed by atoms with Crippen molar-refractivity contribution in [2.75, 3.05) is 0 Å². The summed E-state index contributed by atoms with van der Waals surface area (Å²) in [6, 6.07) is 0. The smallest absolute Gasteiger partial charge is 0.344 e. The average Bonchev–Trinajstić information content (AvgIpc) is 3.99. The third-order valence-electron chi connectivity index (χ3n) is 12.1. The van der Waals surface area contributed by atoms with E-state index in [0.29, 0.717) is 0 Å². The highest BCUT2D eigenvalue weighted by Crippen LogP contribution is 2.53. The number of hydrogen-bond donors (Lipinski definition) is 1. The molecular weight excluding hydrogens is 841 g/mol. The minimum absolute atomic E-state index is 0.519. The van der Waals surface area contributed by atoms with E-state index in [4.69, 9.17) is 11.2 Å². The Morgan fingerprint density at radius 1 is 0.484 bits per heavy atom. The molecule has 0 amide bonds. The number of thiophene rings is 4. The molecule has 4 aromatic rings. The van der Waals surface area contributed by atoms with Gasteiger partial charge in [0.2, 0.25) is 0 Å². The lowest BCUT2D eigenvalue weighted by molar-refractivity contribution is -0.132. The van der Waals surface area contributed by atoms with E-state index in [2.05, 4.69) is 31.8 Å². The highest BCUT2D eigenvalue weighted by atomic mass is 32.1. The third-order valence-corrected chi connectivity index (χ3v) is 17.7. The van der Waals surface area contributed by atoms with Crippen molar-refractivity contribution >= 4 is 97.6 Å². The molecule has 340 valence electrons. The number of carbonyl (C=O) groups excluding carboxylic acids is 1. The SMILES string of the molecule is C#CC#COC(=O)/C=C/c1sc2c(sc3c4sc(/C=C/C(=O)O)c(CCCCCCCCCCCCCCCCC)c4sc23)c1CCCCCCCCCCCCCCCCC. The number of ether oxygens (including phenoxy) is 1. The lowest BCUT2D eigenvalue weighted by Crippen LogP contribution is -1.94. The Morgan fingerprint density at radius 3 is 1.15 bits per heavy atom. The van der Waals surface area contributed by atoms with Crippen LogP contribution in [0.3, 0.4) is 0 Å². The number of carboxylic acids is 1. The number of hydrogen-bond acceptors (Lipinski definition) is 7. The molecule has 0 aliphatic heterocycles. The van der Waals surface area contributed by atoms with E-state index in [0.717, 1.165) is 35.4 Å². The number of aryl methyl sites for hydroxylation is 2. The van der Waals surface area contributed by atoms with E-state index in [1.807, 2.05) is 34.8 Å². The molecule has 0 saturated carbocycles. The molecular formula is C54H76O4S4. The first-order valence-corrected chi connectivity index (χ1v) is 27.9. The molecule has 0 radical (unpaired) electrons. The third kappa shape index (κ3) is 18.7. The van der Waals surface area contributed by atoms with Crippen LogP contribution < -0.4 is 0 Å². The normalized spacial score (nSPS) is 11.8. The van der Waals surface area contributed by atoms with E-state index < -0.39 is 11.9 Å². The molecule has 62 heavy (non-hydrogen) atoms. The summed E-state index contributed by atoms with van der Waals surface area (Å²) in [6.45, 7) is 4.57. The minimum Gasteiger partial charge on any atom is -0.478 e. The maximum absolute atomic E-state index is 12.5. The van der Waals surface area contributed by atoms with Crippen LogP contribution in [0.5, 0.6) is 0 Å². The standard InChI is InChI=1S/C54H76O4S4/c1-4-7-10-12-14-16-18-20-22-24-26-28-30-32-34-36-43-45(38-40-47(55)56)59-51-49(43)61-54-52-50(62-53(51)54)44(46(60-52)39-41-48(57)58-42-9-6-3)37-35-33-31-29-27-25-23-21-19-17-15-13-11-8-5-2/h3,38-41H,4-5,7-8,10-37H2,1-2H3,(H,55,56)/b40-38+,41-39+. The zero-order valence-corrected chi connectivity index (χ0v) is 41.6. The van der Waals surface area contributed by atoms with E-state index in [1.165, 1.54) is 231 Å². The van der Waals surface area contributed by atoms with Crippen molar-refractivity contribution in [3.63, 3.8) is 0 Å². The van der Waals surface area contributed by atoms with Gasteiger partial charge in [0.25, 0.3) is 0 Å². The maximum atomic E-state index is 12.5. The van der Waals surface area contributed by atoms with Crippen LogP contribution in [0, 0.1) is 24.4 Å². The van der Waals surface area contributed by atoms with Gasteiger partial charge in [-0.3, -0.25) is 0 Å². The summed E-state index contributed by atoms with van der Waals surface area (Å²) < 4.78 is 12.9. The largest absolute Gasteiger partial charge is 0.478 e. The molecule has 4 aromatic heterocycles. The molecule has 0 atom stereocenters. The van der Waals surface area contributed by atoms with Gasteiger partial charge in [0.15, 0.2) is 0 Å². The van der Waals surface area contributed by atoms with Gasteiger partial charge in [-0.2, -0.15) is 0 Å². The zero-order valence-electron chi connectivity index (χ0n) is 38.3. The van der Waals surface area contributed by atoms with Crippen LogP contribution in [0.1, 0.15) is 227 Å². The van der Waals surface area contributed by atoms with Crippen molar-refractivity contribution in [1.29, 1.82) is 0 Å². The molecule has 4 heterocycles. The minimum atomic E-state index is -0.905. The zero-order chi connectivity index (χ0) is 44.0. The van der Waals surface area contributed by atoms with Crippen molar-refractivity contribution in [2.45, 2.75) is 219 Å². The number of carboxylic acid groups (broad SMARTS) is 1. The van der Waals surface area contributed by atoms with Crippen LogP contribution in [0.15, 0.2) is 12.2 Å². The number of rotatable bonds is 36. The van der Waals surface area contributed by atoms with Crippen LogP contribution >= 0.6 is 45.3 Å². The second-order valence-electron chi connectivity index (χ2n) is 17.3. The highest BCUT2D eigenvalue weighted by Gasteiger charge is 2.23. The quantitative estimate of drug-likeness (QED) is 0.0214. The van der Waals surface area contributed by atoms with Crippen molar-refractivity contribution in [3.8, 4) is 24.4 Å². The fraction of sp³-hybridized carbons (Fsp3) is 0.630. The molecule has 1 N–H and O–H groups in total. The molecule has 0 aromatic carbocycles. The van der Waals surface area contributed by atoms with E-state index in [1.54, 1.807) is 22.7 Å². The van der Waals surface area contributed by atoms with E-state index in [-0.39, 0.29) is 0 Å². The molecule has 0 unspecified atom stereocenters. The molecule has 0 fully saturated rings. The maximum Gasteiger partial charge on any atom is 0.344 e. The van der Waals surface area contributed by atoms with Gasteiger partial charge in [0, 0.05) is 27.8 Å². The van der Waals surface area contributed by atoms with Gasteiger partial charge in [-0.1, -0.05) is 194 Å². The van der Waals surface area contributed by atoms with Gasteiger partial charge in [-0.05, 0) is 54.9 Å². The van der Waals surface area contributed by atoms with Gasteiger partial charge in [-0.25, -0.2) is 9.59 Å². The predicted molar refractivity (Wildman–Crippen MR) is 276 cm³/mol. The van der Waals surface area contributed by atoms with Gasteiger partial charge >= 0.3 is 11.9 Å². The molecule has 0 aliphatic rings. The van der Waals surface area contributed by atoms with E-state index >= 15 is 0 Å². The fourth-order valence-electron chi connectivity index (χ4n) is 8.56. The number of esters is 1. The van der Waals surface area contributed by atoms with Crippen LogP contribution in [0.25, 0.3) is 40.4 Å². The molecule has 4 rings (SSSR count). The van der Waals surface area contributed by atoms with Crippen molar-refractivity contribution in [1.82, 2.24) is 0 Å². The number of fused-ring (bicyclic) bond motifs is 5. The lowest BCUT2D eigenvalue weighted by Gasteiger charge is -2.04. The van der Waals surface area contributed by atoms with Gasteiger partial charge in [0.1, 0.15) is 6.11 Å². The Kier molecular flexibility index (Phi) is 26.6. The summed E-state index contributed by atoms with van der Waals surface area (Å²) in [7, 11) is 0. The Morgan fingerprint density at radius 2 is 0.806 bits per heavy atom. The average molecular weight is 917 g/mol. The topological polar surface area (TPSA) is 63.6 Å². The van der Waals surface area contributed by atoms with Gasteiger partial charge in [0.05, 0.1) is 28.2 Å². The number of terminal acetylenes is 1. The van der Waals surface area contributed by atoms with Crippen LogP contribution in [-0.4, -0.2) is 17.0 Å². The Bertz CT molecular complexity index is 2050. The first-order chi connectivity index (χ1) is 30.5. The summed E-state index contributed by atoms with van der Waals surface area (Å²) in [5.74, 6) is 3.09. The molecule has 0 aliphatic carbocycles. The summed E-state index contributed by atoms with van der Waals surface area (Å²) in [4.78, 5) is 26.3. The second kappa shape index (κ2) is 31.9. The van der Waals surface area contributed by atoms with Crippen LogP contribution in [0.4, 0.5) is 0 Å². The summed E-state index contributed by atoms with van der Waals surface area (Å²) in [6.07, 6.45) is 56.1. The summed E-state index contributed by atoms with van der Waals surface area (Å²) in [5.41, 5.74) is 2.63. The second-order valence-corrected chi connectivity index (χ2v) is 21.4. The number of aliphatic carboxylic acids is 1. The monoisotopic (exact) mass is 916 g/mol. The summed E-state index contributed by atoms with van der Waals surface area (Å²) in [5, 5.41) is 9.52. The van der Waals surface area contributed by atoms with Crippen molar-refractivity contribution in [3.05, 3.63) is 33.0 Å². The van der Waals surface area contributed by atoms with Gasteiger partial charge in [-0.15, -0.1) is 51.8 Å². The molecule has 0 bridgehead atoms. The molecule has 4 nitrogen and oxygen atoms in total. The Hall–Kier alpha value is -2.88. The lowest BCUT2D eigenvalue weighted by atomic mass is 10.0. The highest BCUT2D eigenvalue weighted by molar-refractivity contribution is 7.44. The first-order valence-electron chi connectivity index (χ1n) is 24.7. The Balaban J connectivity index is 1.35. The van der Waals surface area contributed by atoms with Crippen LogP contribution in [-0.2, 0) is 27.2 Å². The molecule has 8 heteroatoms. The first kappa shape index (κ1) is 51.8. The van der Waals surface area contributed by atoms with Gasteiger partial charge < -0.3 is 9.84 Å². The van der Waals surface area contributed by atoms with Crippen molar-refractivity contribution < 1.29 is 19.4 Å². The fourth-order valence-corrected chi connectivity index (χ4v) is 14.6. The van der Waals surface area contributed by atoms with E-state index in [9.17, 15) is 14.7 Å². The predicted octanol–water partition coefficient (Wildman–Crippen LogP) is 18.5. The Labute approximate surface area is 391 Å².